The fourth-order valence-electron chi connectivity index (χ4n) is 3.66. The average molecular weight is 418 g/mol. The van der Waals surface area contributed by atoms with E-state index in [0.29, 0.717) is 5.56 Å². The standard InChI is InChI=1S/C21H21F3N4O2/c1-29-17-7-4-14(5-8-17)12-28-10-2-3-16(13-28)18-9-6-15(11-25-18)19-26-20(30-27-19)21(22,23)24/h4-9,11,16H,2-3,10,12-13H2,1H3/t16-/m1/s1. The van der Waals surface area contributed by atoms with Gasteiger partial charge in [-0.3, -0.25) is 9.88 Å². The fourth-order valence-corrected chi connectivity index (χ4v) is 3.66. The lowest BCUT2D eigenvalue weighted by molar-refractivity contribution is -0.159. The monoisotopic (exact) mass is 418 g/mol. The molecule has 1 aliphatic heterocycles. The van der Waals surface area contributed by atoms with E-state index in [-0.39, 0.29) is 11.7 Å². The van der Waals surface area contributed by atoms with Crippen LogP contribution in [0.5, 0.6) is 5.75 Å². The van der Waals surface area contributed by atoms with Crippen LogP contribution in [0.2, 0.25) is 0 Å². The molecule has 3 aromatic rings. The van der Waals surface area contributed by atoms with Gasteiger partial charge in [-0.1, -0.05) is 17.3 Å². The van der Waals surface area contributed by atoms with Crippen molar-refractivity contribution in [3.8, 4) is 17.1 Å². The Balaban J connectivity index is 1.41. The molecule has 158 valence electrons. The Hall–Kier alpha value is -2.94. The largest absolute Gasteiger partial charge is 0.497 e. The van der Waals surface area contributed by atoms with E-state index in [1.165, 1.54) is 11.8 Å². The highest BCUT2D eigenvalue weighted by Crippen LogP contribution is 2.30. The third kappa shape index (κ3) is 4.62. The van der Waals surface area contributed by atoms with E-state index in [0.717, 1.165) is 43.9 Å². The summed E-state index contributed by atoms with van der Waals surface area (Å²) in [6.07, 6.45) is -1.08. The maximum Gasteiger partial charge on any atom is 0.471 e. The first-order valence-corrected chi connectivity index (χ1v) is 9.65. The molecule has 1 fully saturated rings. The Morgan fingerprint density at radius 2 is 1.97 bits per heavy atom. The fraction of sp³-hybridized carbons (Fsp3) is 0.381. The number of nitrogens with zero attached hydrogens (tertiary/aromatic N) is 4. The zero-order chi connectivity index (χ0) is 21.1. The zero-order valence-electron chi connectivity index (χ0n) is 16.4. The van der Waals surface area contributed by atoms with E-state index < -0.39 is 12.1 Å². The summed E-state index contributed by atoms with van der Waals surface area (Å²) in [6.45, 7) is 2.74. The topological polar surface area (TPSA) is 64.3 Å². The molecule has 1 aromatic carbocycles. The van der Waals surface area contributed by atoms with Crippen LogP contribution in [0.15, 0.2) is 47.1 Å². The molecule has 6 nitrogen and oxygen atoms in total. The highest BCUT2D eigenvalue weighted by Gasteiger charge is 2.38. The van der Waals surface area contributed by atoms with Crippen LogP contribution in [0, 0.1) is 0 Å². The van der Waals surface area contributed by atoms with E-state index >= 15 is 0 Å². The molecule has 4 rings (SSSR count). The van der Waals surface area contributed by atoms with Crippen molar-refractivity contribution in [1.82, 2.24) is 20.0 Å². The maximum absolute atomic E-state index is 12.6. The summed E-state index contributed by atoms with van der Waals surface area (Å²) in [6, 6.07) is 11.6. The van der Waals surface area contributed by atoms with E-state index in [4.69, 9.17) is 4.74 Å². The molecular formula is C21H21F3N4O2. The summed E-state index contributed by atoms with van der Waals surface area (Å²) in [7, 11) is 1.65. The third-order valence-corrected chi connectivity index (χ3v) is 5.20. The summed E-state index contributed by atoms with van der Waals surface area (Å²) in [4.78, 5) is 10.3. The quantitative estimate of drug-likeness (QED) is 0.606. The van der Waals surface area contributed by atoms with Gasteiger partial charge in [-0.05, 0) is 49.2 Å². The first-order valence-electron chi connectivity index (χ1n) is 9.65. The Bertz CT molecular complexity index is 971. The Morgan fingerprint density at radius 3 is 2.60 bits per heavy atom. The van der Waals surface area contributed by atoms with Crippen LogP contribution in [0.1, 0.15) is 35.9 Å². The van der Waals surface area contributed by atoms with Crippen LogP contribution < -0.4 is 4.74 Å². The molecule has 9 heteroatoms. The molecule has 0 N–H and O–H groups in total. The molecule has 0 aliphatic carbocycles. The summed E-state index contributed by atoms with van der Waals surface area (Å²) in [5, 5.41) is 3.40. The maximum atomic E-state index is 12.6. The van der Waals surface area contributed by atoms with Gasteiger partial charge in [-0.2, -0.15) is 18.2 Å². The van der Waals surface area contributed by atoms with Crippen LogP contribution in [0.25, 0.3) is 11.4 Å². The predicted octanol–water partition coefficient (Wildman–Crippen LogP) is 4.54. The number of rotatable bonds is 5. The Labute approximate surface area is 171 Å². The molecule has 30 heavy (non-hydrogen) atoms. The first-order chi connectivity index (χ1) is 14.4. The number of hydrogen-bond acceptors (Lipinski definition) is 6. The van der Waals surface area contributed by atoms with Crippen molar-refractivity contribution in [2.45, 2.75) is 31.5 Å². The van der Waals surface area contributed by atoms with Gasteiger partial charge in [0.1, 0.15) is 5.75 Å². The van der Waals surface area contributed by atoms with Gasteiger partial charge in [-0.15, -0.1) is 0 Å². The van der Waals surface area contributed by atoms with Gasteiger partial charge in [0, 0.05) is 36.5 Å². The van der Waals surface area contributed by atoms with Gasteiger partial charge in [-0.25, -0.2) is 0 Å². The first kappa shape index (κ1) is 20.3. The van der Waals surface area contributed by atoms with Gasteiger partial charge in [0.2, 0.25) is 5.82 Å². The number of pyridine rings is 1. The minimum atomic E-state index is -4.66. The van der Waals surface area contributed by atoms with Gasteiger partial charge in [0.25, 0.3) is 0 Å². The van der Waals surface area contributed by atoms with Crippen molar-refractivity contribution < 1.29 is 22.4 Å². The van der Waals surface area contributed by atoms with E-state index in [9.17, 15) is 13.2 Å². The van der Waals surface area contributed by atoms with Crippen molar-refractivity contribution in [1.29, 1.82) is 0 Å². The summed E-state index contributed by atoms with van der Waals surface area (Å²) in [5.74, 6) is -0.375. The second-order valence-corrected chi connectivity index (χ2v) is 7.31. The van der Waals surface area contributed by atoms with Crippen LogP contribution in [0.4, 0.5) is 13.2 Å². The van der Waals surface area contributed by atoms with Gasteiger partial charge >= 0.3 is 12.1 Å². The molecule has 1 atom stereocenters. The van der Waals surface area contributed by atoms with E-state index in [1.54, 1.807) is 13.2 Å². The minimum Gasteiger partial charge on any atom is -0.497 e. The lowest BCUT2D eigenvalue weighted by Crippen LogP contribution is -2.34. The number of hydrogen-bond donors (Lipinski definition) is 0. The van der Waals surface area contributed by atoms with Crippen molar-refractivity contribution in [3.63, 3.8) is 0 Å². The molecule has 0 saturated carbocycles. The lowest BCUT2D eigenvalue weighted by atomic mass is 9.93. The zero-order valence-corrected chi connectivity index (χ0v) is 16.4. The summed E-state index contributed by atoms with van der Waals surface area (Å²) in [5.41, 5.74) is 2.53. The number of likely N-dealkylation sites (tertiary alicyclic amines) is 1. The van der Waals surface area contributed by atoms with Gasteiger partial charge in [0.05, 0.1) is 7.11 Å². The van der Waals surface area contributed by atoms with Gasteiger partial charge < -0.3 is 9.26 Å². The SMILES string of the molecule is COc1ccc(CN2CCC[C@@H](c3ccc(-c4noc(C(F)(F)F)n4)cn3)C2)cc1. The smallest absolute Gasteiger partial charge is 0.471 e. The average Bonchev–Trinajstić information content (AvgIpc) is 3.26. The van der Waals surface area contributed by atoms with Crippen LogP contribution >= 0.6 is 0 Å². The van der Waals surface area contributed by atoms with Crippen molar-refractivity contribution >= 4 is 0 Å². The number of benzene rings is 1. The van der Waals surface area contributed by atoms with E-state index in [1.807, 2.05) is 18.2 Å². The van der Waals surface area contributed by atoms with Crippen molar-refractivity contribution in [3.05, 3.63) is 59.7 Å². The lowest BCUT2D eigenvalue weighted by Gasteiger charge is -2.32. The highest BCUT2D eigenvalue weighted by molar-refractivity contribution is 5.52. The minimum absolute atomic E-state index is 0.119. The molecule has 1 aliphatic rings. The summed E-state index contributed by atoms with van der Waals surface area (Å²) < 4.78 is 47.4. The summed E-state index contributed by atoms with van der Waals surface area (Å²) >= 11 is 0. The highest BCUT2D eigenvalue weighted by atomic mass is 19.4. The predicted molar refractivity (Wildman–Crippen MR) is 103 cm³/mol. The number of piperidine rings is 1. The molecule has 3 heterocycles. The number of alkyl halides is 3. The Kier molecular flexibility index (Phi) is 5.72. The van der Waals surface area contributed by atoms with Crippen molar-refractivity contribution in [2.75, 3.05) is 20.2 Å². The van der Waals surface area contributed by atoms with Crippen LogP contribution in [0.3, 0.4) is 0 Å². The molecule has 0 unspecified atom stereocenters. The molecule has 0 amide bonds. The normalized spacial score (nSPS) is 17.8. The molecule has 2 aromatic heterocycles. The van der Waals surface area contributed by atoms with E-state index in [2.05, 4.69) is 36.7 Å². The molecular weight excluding hydrogens is 397 g/mol. The Morgan fingerprint density at radius 1 is 1.17 bits per heavy atom. The third-order valence-electron chi connectivity index (χ3n) is 5.20. The molecule has 0 bridgehead atoms. The molecule has 1 saturated heterocycles. The second-order valence-electron chi connectivity index (χ2n) is 7.31. The van der Waals surface area contributed by atoms with Crippen molar-refractivity contribution in [2.24, 2.45) is 0 Å². The van der Waals surface area contributed by atoms with Gasteiger partial charge in [0.15, 0.2) is 0 Å². The molecule has 0 radical (unpaired) electrons. The second kappa shape index (κ2) is 8.43. The van der Waals surface area contributed by atoms with Crippen LogP contribution in [-0.4, -0.2) is 40.2 Å². The molecule has 0 spiro atoms. The number of methoxy groups -OCH3 is 1. The van der Waals surface area contributed by atoms with Crippen LogP contribution in [-0.2, 0) is 12.7 Å². The number of aromatic nitrogens is 3. The number of ether oxygens (including phenoxy) is 1. The number of halogens is 3.